The van der Waals surface area contributed by atoms with Crippen LogP contribution in [0.5, 0.6) is 5.75 Å². The molecule has 1 aromatic heterocycles. The van der Waals surface area contributed by atoms with Crippen molar-refractivity contribution in [2.45, 2.75) is 76.3 Å². The number of likely N-dealkylation sites (N-methyl/N-ethyl adjacent to an activating group) is 1. The van der Waals surface area contributed by atoms with Crippen molar-refractivity contribution in [1.29, 1.82) is 0 Å². The molecule has 7 heteroatoms. The highest BCUT2D eigenvalue weighted by molar-refractivity contribution is 5.95. The Hall–Kier alpha value is -2.67. The summed E-state index contributed by atoms with van der Waals surface area (Å²) in [4.78, 5) is 31.8. The second kappa shape index (κ2) is 9.67. The molecule has 1 N–H and O–H groups in total. The van der Waals surface area contributed by atoms with Gasteiger partial charge in [-0.15, -0.1) is 0 Å². The van der Waals surface area contributed by atoms with E-state index >= 15 is 0 Å². The molecule has 2 heterocycles. The van der Waals surface area contributed by atoms with Crippen LogP contribution in [0, 0.1) is 0 Å². The second-order valence-electron chi connectivity index (χ2n) is 9.56. The zero-order chi connectivity index (χ0) is 23.6. The van der Waals surface area contributed by atoms with Gasteiger partial charge in [-0.1, -0.05) is 44.0 Å². The lowest BCUT2D eigenvalue weighted by molar-refractivity contribution is 0.0617. The number of hydrogen-bond donors (Lipinski definition) is 1. The van der Waals surface area contributed by atoms with Gasteiger partial charge >= 0.3 is 5.56 Å². The minimum absolute atomic E-state index is 0.0365. The van der Waals surface area contributed by atoms with Gasteiger partial charge in [-0.05, 0) is 43.2 Å². The Labute approximate surface area is 195 Å². The number of fused-ring (bicyclic) bond motifs is 1. The maximum Gasteiger partial charge on any atom is 0.315 e. The largest absolute Gasteiger partial charge is 0.501 e. The number of benzene rings is 1. The van der Waals surface area contributed by atoms with E-state index in [0.29, 0.717) is 25.4 Å². The molecule has 2 aromatic rings. The molecule has 178 valence electrons. The Balaban J connectivity index is 1.76. The van der Waals surface area contributed by atoms with E-state index in [4.69, 9.17) is 4.74 Å². The number of aromatic hydroxyl groups is 1. The summed E-state index contributed by atoms with van der Waals surface area (Å²) in [6, 6.07) is 8.70. The van der Waals surface area contributed by atoms with Gasteiger partial charge in [0.05, 0.1) is 0 Å². The lowest BCUT2D eigenvalue weighted by Crippen LogP contribution is -2.48. The molecule has 1 unspecified atom stereocenters. The van der Waals surface area contributed by atoms with E-state index in [9.17, 15) is 14.7 Å². The number of carbonyl (C=O) groups excluding carboxylic acids is 1. The lowest BCUT2D eigenvalue weighted by Gasteiger charge is -2.37. The lowest BCUT2D eigenvalue weighted by atomic mass is 9.75. The summed E-state index contributed by atoms with van der Waals surface area (Å²) in [7, 11) is 3.41. The summed E-state index contributed by atoms with van der Waals surface area (Å²) in [5.74, 6) is -0.260. The maximum absolute atomic E-state index is 13.2. The van der Waals surface area contributed by atoms with Gasteiger partial charge in [-0.2, -0.15) is 4.98 Å². The molecule has 1 aliphatic heterocycles. The van der Waals surface area contributed by atoms with Crippen LogP contribution in [-0.4, -0.2) is 52.3 Å². The third-order valence-electron chi connectivity index (χ3n) is 7.59. The molecule has 0 bridgehead atoms. The van der Waals surface area contributed by atoms with Gasteiger partial charge in [-0.3, -0.25) is 9.59 Å². The Morgan fingerprint density at radius 2 is 2.00 bits per heavy atom. The van der Waals surface area contributed by atoms with Gasteiger partial charge in [0.2, 0.25) is 5.75 Å². The molecule has 1 aliphatic carbocycles. The summed E-state index contributed by atoms with van der Waals surface area (Å²) in [5.41, 5.74) is 1.83. The second-order valence-corrected chi connectivity index (χ2v) is 9.56. The molecule has 1 amide bonds. The summed E-state index contributed by atoms with van der Waals surface area (Å²) >= 11 is 0. The van der Waals surface area contributed by atoms with Crippen molar-refractivity contribution in [1.82, 2.24) is 14.5 Å². The average Bonchev–Trinajstić information content (AvgIpc) is 3.30. The zero-order valence-electron chi connectivity index (χ0n) is 20.0. The van der Waals surface area contributed by atoms with Crippen molar-refractivity contribution in [2.24, 2.45) is 0 Å². The predicted molar refractivity (Wildman–Crippen MR) is 127 cm³/mol. The fourth-order valence-corrected chi connectivity index (χ4v) is 5.59. The van der Waals surface area contributed by atoms with Gasteiger partial charge in [0.25, 0.3) is 5.91 Å². The first-order valence-corrected chi connectivity index (χ1v) is 12.1. The van der Waals surface area contributed by atoms with Crippen LogP contribution in [0.3, 0.4) is 0 Å². The Bertz CT molecular complexity index is 1070. The predicted octanol–water partition coefficient (Wildman–Crippen LogP) is 3.45. The highest BCUT2D eigenvalue weighted by Crippen LogP contribution is 2.44. The molecule has 4 rings (SSSR count). The molecule has 7 nitrogen and oxygen atoms in total. The third kappa shape index (κ3) is 4.43. The van der Waals surface area contributed by atoms with Crippen molar-refractivity contribution < 1.29 is 14.6 Å². The van der Waals surface area contributed by atoms with Gasteiger partial charge < -0.3 is 19.3 Å². The number of hydrogen-bond acceptors (Lipinski definition) is 5. The fraction of sp³-hybridized carbons (Fsp3) is 0.577. The molecule has 33 heavy (non-hydrogen) atoms. The first-order chi connectivity index (χ1) is 15.9. The summed E-state index contributed by atoms with van der Waals surface area (Å²) in [6.45, 7) is 3.30. The van der Waals surface area contributed by atoms with E-state index in [1.54, 1.807) is 19.1 Å². The van der Waals surface area contributed by atoms with E-state index in [0.717, 1.165) is 44.9 Å². The number of aromatic nitrogens is 2. The SMILES string of the molecule is CCc1cccc(C2(Cc3nc(=O)c(O)c4n3CC(CCCOC)N(C)C4=O)CCCC2)c1. The number of aryl methyl sites for hydroxylation is 1. The van der Waals surface area contributed by atoms with Crippen LogP contribution >= 0.6 is 0 Å². The molecular formula is C26H35N3O4. The summed E-state index contributed by atoms with van der Waals surface area (Å²) < 4.78 is 7.01. The maximum atomic E-state index is 13.2. The Morgan fingerprint density at radius 3 is 2.70 bits per heavy atom. The van der Waals surface area contributed by atoms with Crippen LogP contribution in [0.15, 0.2) is 29.1 Å². The van der Waals surface area contributed by atoms with Gasteiger partial charge in [0.15, 0.2) is 5.69 Å². The van der Waals surface area contributed by atoms with Gasteiger partial charge in [-0.25, -0.2) is 0 Å². The molecule has 1 saturated carbocycles. The van der Waals surface area contributed by atoms with Crippen LogP contribution in [0.25, 0.3) is 0 Å². The minimum atomic E-state index is -0.716. The zero-order valence-corrected chi connectivity index (χ0v) is 20.0. The summed E-state index contributed by atoms with van der Waals surface area (Å²) in [6.07, 6.45) is 7.49. The number of amides is 1. The van der Waals surface area contributed by atoms with E-state index in [-0.39, 0.29) is 23.1 Å². The molecule has 0 spiro atoms. The van der Waals surface area contributed by atoms with Crippen LogP contribution in [0.2, 0.25) is 0 Å². The highest BCUT2D eigenvalue weighted by Gasteiger charge is 2.40. The number of methoxy groups -OCH3 is 1. The van der Waals surface area contributed by atoms with Crippen molar-refractivity contribution in [3.63, 3.8) is 0 Å². The smallest absolute Gasteiger partial charge is 0.315 e. The number of carbonyl (C=O) groups is 1. The normalized spacial score (nSPS) is 19.7. The summed E-state index contributed by atoms with van der Waals surface area (Å²) in [5, 5.41) is 10.5. The van der Waals surface area contributed by atoms with Crippen molar-refractivity contribution in [3.05, 3.63) is 57.3 Å². The molecular weight excluding hydrogens is 418 g/mol. The Kier molecular flexibility index (Phi) is 6.88. The van der Waals surface area contributed by atoms with Gasteiger partial charge in [0, 0.05) is 45.2 Å². The van der Waals surface area contributed by atoms with E-state index in [1.165, 1.54) is 11.1 Å². The van der Waals surface area contributed by atoms with E-state index in [2.05, 4.69) is 36.2 Å². The minimum Gasteiger partial charge on any atom is -0.501 e. The third-order valence-corrected chi connectivity index (χ3v) is 7.59. The fourth-order valence-electron chi connectivity index (χ4n) is 5.59. The molecule has 1 aromatic carbocycles. The molecule has 0 saturated heterocycles. The monoisotopic (exact) mass is 453 g/mol. The van der Waals surface area contributed by atoms with Crippen LogP contribution < -0.4 is 5.56 Å². The molecule has 2 aliphatic rings. The molecule has 0 radical (unpaired) electrons. The number of nitrogens with zero attached hydrogens (tertiary/aromatic N) is 3. The molecule has 1 atom stereocenters. The van der Waals surface area contributed by atoms with Crippen molar-refractivity contribution in [3.8, 4) is 5.75 Å². The highest BCUT2D eigenvalue weighted by atomic mass is 16.5. The molecule has 1 fully saturated rings. The van der Waals surface area contributed by atoms with E-state index < -0.39 is 11.3 Å². The quantitative estimate of drug-likeness (QED) is 0.619. The Morgan fingerprint density at radius 1 is 1.24 bits per heavy atom. The van der Waals surface area contributed by atoms with Gasteiger partial charge in [0.1, 0.15) is 5.82 Å². The van der Waals surface area contributed by atoms with Crippen LogP contribution in [0.1, 0.15) is 72.9 Å². The van der Waals surface area contributed by atoms with Crippen molar-refractivity contribution in [2.75, 3.05) is 20.8 Å². The number of rotatable bonds is 8. The number of ether oxygens (including phenoxy) is 1. The first kappa shape index (κ1) is 23.5. The van der Waals surface area contributed by atoms with Crippen molar-refractivity contribution >= 4 is 5.91 Å². The van der Waals surface area contributed by atoms with Crippen LogP contribution in [0.4, 0.5) is 0 Å². The van der Waals surface area contributed by atoms with E-state index in [1.807, 2.05) is 4.57 Å². The first-order valence-electron chi connectivity index (χ1n) is 12.1. The average molecular weight is 454 g/mol. The van der Waals surface area contributed by atoms with Crippen LogP contribution in [-0.2, 0) is 29.5 Å². The topological polar surface area (TPSA) is 84.7 Å². The standard InChI is InChI=1S/C26H35N3O4/c1-4-18-9-7-10-19(15-18)26(12-5-6-13-26)16-21-27-24(31)23(30)22-25(32)28(2)20(17-29(21)22)11-8-14-33-3/h7,9-10,15,20,30H,4-6,8,11-14,16-17H2,1-3H3.